The van der Waals surface area contributed by atoms with E-state index >= 15 is 0 Å². The van der Waals surface area contributed by atoms with Crippen LogP contribution in [0.4, 0.5) is 5.69 Å². The topological polar surface area (TPSA) is 50.8 Å². The van der Waals surface area contributed by atoms with Crippen LogP contribution in [-0.4, -0.2) is 37.6 Å². The Bertz CT molecular complexity index is 986. The Hall–Kier alpha value is -3.05. The molecule has 144 valence electrons. The average molecular weight is 376 g/mol. The Morgan fingerprint density at radius 2 is 1.75 bits per heavy atom. The molecule has 0 aromatic heterocycles. The summed E-state index contributed by atoms with van der Waals surface area (Å²) in [6, 6.07) is 20.3. The molecule has 0 saturated carbocycles. The second-order valence-electron chi connectivity index (χ2n) is 7.08. The van der Waals surface area contributed by atoms with Crippen LogP contribution in [0.15, 0.2) is 60.7 Å². The molecule has 1 heterocycles. The van der Waals surface area contributed by atoms with E-state index < -0.39 is 0 Å². The molecule has 28 heavy (non-hydrogen) atoms. The molecule has 0 spiro atoms. The number of carbonyl (C=O) groups excluding carboxylic acids is 1. The summed E-state index contributed by atoms with van der Waals surface area (Å²) in [4.78, 5) is 14.5. The van der Waals surface area contributed by atoms with E-state index in [1.54, 1.807) is 0 Å². The maximum Gasteiger partial charge on any atom is 0.225 e. The van der Waals surface area contributed by atoms with Crippen LogP contribution in [0.3, 0.4) is 0 Å². The fourth-order valence-electron chi connectivity index (χ4n) is 3.36. The zero-order chi connectivity index (χ0) is 19.3. The molecule has 3 aromatic carbocycles. The number of hydrogen-bond acceptors (Lipinski definition) is 4. The summed E-state index contributed by atoms with van der Waals surface area (Å²) in [7, 11) is 2.03. The first kappa shape index (κ1) is 18.3. The Balaban J connectivity index is 1.29. The van der Waals surface area contributed by atoms with Gasteiger partial charge in [-0.25, -0.2) is 0 Å². The summed E-state index contributed by atoms with van der Waals surface area (Å²) < 4.78 is 11.1. The van der Waals surface area contributed by atoms with E-state index in [-0.39, 0.29) is 5.91 Å². The minimum Gasteiger partial charge on any atom is -0.486 e. The lowest BCUT2D eigenvalue weighted by Crippen LogP contribution is -2.24. The summed E-state index contributed by atoms with van der Waals surface area (Å²) >= 11 is 0. The number of nitrogens with one attached hydrogen (secondary N) is 1. The molecular weight excluding hydrogens is 352 g/mol. The van der Waals surface area contributed by atoms with Crippen molar-refractivity contribution in [1.82, 2.24) is 4.90 Å². The van der Waals surface area contributed by atoms with E-state index in [4.69, 9.17) is 9.47 Å². The third-order valence-electron chi connectivity index (χ3n) is 4.81. The summed E-state index contributed by atoms with van der Waals surface area (Å²) in [5.41, 5.74) is 1.97. The molecule has 0 saturated heterocycles. The number of hydrogen-bond donors (Lipinski definition) is 1. The highest BCUT2D eigenvalue weighted by Crippen LogP contribution is 2.32. The van der Waals surface area contributed by atoms with Crippen molar-refractivity contribution >= 4 is 22.4 Å². The Labute approximate surface area is 164 Å². The predicted octanol–water partition coefficient (Wildman–Crippen LogP) is 4.07. The van der Waals surface area contributed by atoms with Gasteiger partial charge in [-0.05, 0) is 41.6 Å². The Morgan fingerprint density at radius 3 is 2.61 bits per heavy atom. The summed E-state index contributed by atoms with van der Waals surface area (Å²) in [5, 5.41) is 5.42. The average Bonchev–Trinajstić information content (AvgIpc) is 2.72. The quantitative estimate of drug-likeness (QED) is 0.705. The second-order valence-corrected chi connectivity index (χ2v) is 7.08. The van der Waals surface area contributed by atoms with Crippen LogP contribution in [-0.2, 0) is 11.3 Å². The van der Waals surface area contributed by atoms with Gasteiger partial charge in [-0.1, -0.05) is 36.4 Å². The summed E-state index contributed by atoms with van der Waals surface area (Å²) in [6.45, 7) is 2.58. The van der Waals surface area contributed by atoms with E-state index in [0.29, 0.717) is 31.9 Å². The Morgan fingerprint density at radius 1 is 0.964 bits per heavy atom. The molecule has 5 nitrogen and oxygen atoms in total. The van der Waals surface area contributed by atoms with Gasteiger partial charge in [0, 0.05) is 31.3 Å². The standard InChI is InChI=1S/C23H24N2O3/c1-25(16-17-6-7-18-4-2-3-5-19(18)14-17)11-10-23(26)24-20-8-9-21-22(15-20)28-13-12-27-21/h2-9,14-15H,10-13,16H2,1H3,(H,24,26). The molecule has 5 heteroatoms. The number of amides is 1. The molecule has 0 radical (unpaired) electrons. The van der Waals surface area contributed by atoms with Crippen LogP contribution in [0.5, 0.6) is 11.5 Å². The van der Waals surface area contributed by atoms with Gasteiger partial charge >= 0.3 is 0 Å². The van der Waals surface area contributed by atoms with Crippen LogP contribution in [0.25, 0.3) is 10.8 Å². The van der Waals surface area contributed by atoms with Crippen LogP contribution in [0.2, 0.25) is 0 Å². The monoisotopic (exact) mass is 376 g/mol. The van der Waals surface area contributed by atoms with Crippen molar-refractivity contribution in [1.29, 1.82) is 0 Å². The number of carbonyl (C=O) groups is 1. The highest BCUT2D eigenvalue weighted by Gasteiger charge is 2.13. The molecule has 1 aliphatic rings. The normalized spacial score (nSPS) is 12.9. The van der Waals surface area contributed by atoms with Crippen LogP contribution in [0.1, 0.15) is 12.0 Å². The molecule has 3 aromatic rings. The number of ether oxygens (including phenoxy) is 2. The van der Waals surface area contributed by atoms with Gasteiger partial charge in [0.2, 0.25) is 5.91 Å². The Kier molecular flexibility index (Phi) is 5.44. The van der Waals surface area contributed by atoms with E-state index in [1.165, 1.54) is 16.3 Å². The van der Waals surface area contributed by atoms with Crippen molar-refractivity contribution in [2.75, 3.05) is 32.1 Å². The molecule has 0 aliphatic carbocycles. The minimum atomic E-state index is -0.0120. The zero-order valence-corrected chi connectivity index (χ0v) is 16.0. The van der Waals surface area contributed by atoms with E-state index in [1.807, 2.05) is 25.2 Å². The first-order valence-electron chi connectivity index (χ1n) is 9.53. The van der Waals surface area contributed by atoms with Crippen LogP contribution >= 0.6 is 0 Å². The SMILES string of the molecule is CN(CCC(=O)Nc1ccc2c(c1)OCCO2)Cc1ccc2ccccc2c1. The molecular formula is C23H24N2O3. The van der Waals surface area contributed by atoms with Crippen molar-refractivity contribution in [2.45, 2.75) is 13.0 Å². The third kappa shape index (κ3) is 4.43. The molecule has 1 aliphatic heterocycles. The molecule has 0 unspecified atom stereocenters. The molecule has 0 atom stereocenters. The van der Waals surface area contributed by atoms with Gasteiger partial charge in [0.25, 0.3) is 0 Å². The van der Waals surface area contributed by atoms with Crippen LogP contribution in [0, 0.1) is 0 Å². The molecule has 0 bridgehead atoms. The van der Waals surface area contributed by atoms with Crippen LogP contribution < -0.4 is 14.8 Å². The van der Waals surface area contributed by atoms with Gasteiger partial charge in [0.1, 0.15) is 13.2 Å². The minimum absolute atomic E-state index is 0.0120. The lowest BCUT2D eigenvalue weighted by atomic mass is 10.1. The number of fused-ring (bicyclic) bond motifs is 2. The lowest BCUT2D eigenvalue weighted by Gasteiger charge is -2.19. The highest BCUT2D eigenvalue weighted by atomic mass is 16.6. The van der Waals surface area contributed by atoms with Gasteiger partial charge in [-0.2, -0.15) is 0 Å². The first-order chi connectivity index (χ1) is 13.7. The van der Waals surface area contributed by atoms with Crippen molar-refractivity contribution < 1.29 is 14.3 Å². The molecule has 1 N–H and O–H groups in total. The van der Waals surface area contributed by atoms with Crippen molar-refractivity contribution in [2.24, 2.45) is 0 Å². The van der Waals surface area contributed by atoms with Gasteiger partial charge < -0.3 is 19.7 Å². The van der Waals surface area contributed by atoms with Gasteiger partial charge in [-0.3, -0.25) is 4.79 Å². The fraction of sp³-hybridized carbons (Fsp3) is 0.261. The van der Waals surface area contributed by atoms with Gasteiger partial charge in [-0.15, -0.1) is 0 Å². The maximum absolute atomic E-state index is 12.3. The molecule has 4 rings (SSSR count). The summed E-state index contributed by atoms with van der Waals surface area (Å²) in [5.74, 6) is 1.39. The van der Waals surface area contributed by atoms with Gasteiger partial charge in [0.05, 0.1) is 0 Å². The van der Waals surface area contributed by atoms with E-state index in [9.17, 15) is 4.79 Å². The molecule has 0 fully saturated rings. The number of benzene rings is 3. The lowest BCUT2D eigenvalue weighted by molar-refractivity contribution is -0.116. The second kappa shape index (κ2) is 8.31. The smallest absolute Gasteiger partial charge is 0.225 e. The number of rotatable bonds is 6. The number of nitrogens with zero attached hydrogens (tertiary/aromatic N) is 1. The first-order valence-corrected chi connectivity index (χ1v) is 9.53. The van der Waals surface area contributed by atoms with Gasteiger partial charge in [0.15, 0.2) is 11.5 Å². The zero-order valence-electron chi connectivity index (χ0n) is 16.0. The van der Waals surface area contributed by atoms with Crippen molar-refractivity contribution in [3.63, 3.8) is 0 Å². The highest BCUT2D eigenvalue weighted by molar-refractivity contribution is 5.91. The molecule has 1 amide bonds. The number of anilines is 1. The predicted molar refractivity (Wildman–Crippen MR) is 111 cm³/mol. The van der Waals surface area contributed by atoms with Crippen molar-refractivity contribution in [3.8, 4) is 11.5 Å². The summed E-state index contributed by atoms with van der Waals surface area (Å²) in [6.07, 6.45) is 0.429. The maximum atomic E-state index is 12.3. The third-order valence-corrected chi connectivity index (χ3v) is 4.81. The van der Waals surface area contributed by atoms with Crippen molar-refractivity contribution in [3.05, 3.63) is 66.2 Å². The van der Waals surface area contributed by atoms with E-state index in [2.05, 4.69) is 52.7 Å². The van der Waals surface area contributed by atoms with E-state index in [0.717, 1.165) is 18.0 Å². The largest absolute Gasteiger partial charge is 0.486 e. The fourth-order valence-corrected chi connectivity index (χ4v) is 3.36.